The van der Waals surface area contributed by atoms with Crippen LogP contribution in [0.2, 0.25) is 0 Å². The molecule has 10 heteroatoms. The first-order chi connectivity index (χ1) is 13.3. The number of carbonyl (C=O) groups excluding carboxylic acids is 3. The van der Waals surface area contributed by atoms with Gasteiger partial charge in [-0.2, -0.15) is 0 Å². The van der Waals surface area contributed by atoms with Crippen LogP contribution in [0.3, 0.4) is 0 Å². The molecule has 0 spiro atoms. The fourth-order valence-corrected chi connectivity index (χ4v) is 2.83. The lowest BCUT2D eigenvalue weighted by Crippen LogP contribution is -2.51. The van der Waals surface area contributed by atoms with Crippen molar-refractivity contribution in [3.8, 4) is 0 Å². The van der Waals surface area contributed by atoms with Crippen LogP contribution in [0.25, 0.3) is 0 Å². The Labute approximate surface area is 161 Å². The number of nitro groups is 1. The third-order valence-corrected chi connectivity index (χ3v) is 4.22. The first-order valence-electron chi connectivity index (χ1n) is 8.68. The van der Waals surface area contributed by atoms with Gasteiger partial charge in [0.15, 0.2) is 0 Å². The minimum Gasteiger partial charge on any atom is -0.463 e. The molecule has 0 radical (unpaired) electrons. The van der Waals surface area contributed by atoms with E-state index in [1.165, 1.54) is 25.1 Å². The van der Waals surface area contributed by atoms with E-state index in [2.05, 4.69) is 10.6 Å². The quantitative estimate of drug-likeness (QED) is 0.412. The molecular weight excluding hydrogens is 370 g/mol. The van der Waals surface area contributed by atoms with E-state index in [0.717, 1.165) is 0 Å². The zero-order chi connectivity index (χ0) is 20.8. The molecule has 0 saturated carbocycles. The highest BCUT2D eigenvalue weighted by molar-refractivity contribution is 5.95. The zero-order valence-corrected chi connectivity index (χ0v) is 15.7. The molecule has 10 nitrogen and oxygen atoms in total. The third kappa shape index (κ3) is 4.45. The fourth-order valence-electron chi connectivity index (χ4n) is 2.83. The van der Waals surface area contributed by atoms with Crippen molar-refractivity contribution < 1.29 is 28.8 Å². The highest BCUT2D eigenvalue weighted by Gasteiger charge is 2.32. The van der Waals surface area contributed by atoms with Crippen molar-refractivity contribution in [3.05, 3.63) is 50.7 Å². The summed E-state index contributed by atoms with van der Waals surface area (Å²) in [6, 6.07) is 2.95. The van der Waals surface area contributed by atoms with Gasteiger partial charge >= 0.3 is 18.0 Å². The molecule has 0 saturated heterocycles. The molecule has 2 rings (SSSR count). The fraction of sp³-hybridized carbons (Fsp3) is 0.389. The third-order valence-electron chi connectivity index (χ3n) is 4.22. The summed E-state index contributed by atoms with van der Waals surface area (Å²) >= 11 is 0. The summed E-state index contributed by atoms with van der Waals surface area (Å²) in [5.74, 6) is -1.43. The second-order valence-corrected chi connectivity index (χ2v) is 5.95. The lowest BCUT2D eigenvalue weighted by Gasteiger charge is -2.28. The SMILES string of the molecule is CCOC(=O)C1=C(COC(=O)c2cccc([N+](=O)[O-])c2C)NC(=O)N[C@@H]1CC. The normalized spacial score (nSPS) is 16.1. The van der Waals surface area contributed by atoms with Crippen LogP contribution in [0.4, 0.5) is 10.5 Å². The van der Waals surface area contributed by atoms with Crippen molar-refractivity contribution >= 4 is 23.7 Å². The number of amides is 2. The van der Waals surface area contributed by atoms with Gasteiger partial charge in [0.05, 0.1) is 34.4 Å². The summed E-state index contributed by atoms with van der Waals surface area (Å²) in [6.45, 7) is 4.63. The van der Waals surface area contributed by atoms with Gasteiger partial charge in [0, 0.05) is 11.6 Å². The molecule has 1 aliphatic heterocycles. The van der Waals surface area contributed by atoms with Crippen molar-refractivity contribution in [2.45, 2.75) is 33.2 Å². The molecule has 2 N–H and O–H groups in total. The molecule has 1 atom stereocenters. The number of hydrogen-bond donors (Lipinski definition) is 2. The molecular formula is C18H21N3O7. The first-order valence-corrected chi connectivity index (χ1v) is 8.68. The van der Waals surface area contributed by atoms with Gasteiger partial charge in [0.25, 0.3) is 5.69 Å². The molecule has 1 aromatic carbocycles. The topological polar surface area (TPSA) is 137 Å². The second-order valence-electron chi connectivity index (χ2n) is 5.95. The smallest absolute Gasteiger partial charge is 0.339 e. The Kier molecular flexibility index (Phi) is 6.69. The Hall–Kier alpha value is -3.43. The van der Waals surface area contributed by atoms with Crippen LogP contribution in [-0.4, -0.2) is 42.1 Å². The summed E-state index contributed by atoms with van der Waals surface area (Å²) in [4.78, 5) is 47.0. The standard InChI is InChI=1S/C18H21N3O7/c1-4-12-15(17(23)27-5-2)13(20-18(24)19-12)9-28-16(22)11-7-6-8-14(10(11)3)21(25)26/h6-8,12H,4-5,9H2,1-3H3,(H2,19,20,24)/t12-/m1/s1. The molecule has 1 heterocycles. The second kappa shape index (κ2) is 8.98. The molecule has 1 aromatic rings. The average Bonchev–Trinajstić information content (AvgIpc) is 2.65. The Morgan fingerprint density at radius 3 is 2.54 bits per heavy atom. The minimum atomic E-state index is -0.808. The number of esters is 2. The Bertz CT molecular complexity index is 848. The maximum atomic E-state index is 12.4. The highest BCUT2D eigenvalue weighted by atomic mass is 16.6. The molecule has 1 aliphatic rings. The summed E-state index contributed by atoms with van der Waals surface area (Å²) in [6.07, 6.45) is 0.434. The number of urea groups is 1. The molecule has 2 amide bonds. The van der Waals surface area contributed by atoms with E-state index in [1.807, 2.05) is 0 Å². The number of rotatable bonds is 7. The van der Waals surface area contributed by atoms with Crippen LogP contribution >= 0.6 is 0 Å². The summed E-state index contributed by atoms with van der Waals surface area (Å²) in [7, 11) is 0. The number of carbonyl (C=O) groups is 3. The summed E-state index contributed by atoms with van der Waals surface area (Å²) in [5, 5.41) is 16.1. The van der Waals surface area contributed by atoms with Crippen LogP contribution < -0.4 is 10.6 Å². The van der Waals surface area contributed by atoms with Gasteiger partial charge in [-0.25, -0.2) is 14.4 Å². The molecule has 150 valence electrons. The molecule has 0 aromatic heterocycles. The van der Waals surface area contributed by atoms with Crippen molar-refractivity contribution in [3.63, 3.8) is 0 Å². The average molecular weight is 391 g/mol. The molecule has 28 heavy (non-hydrogen) atoms. The van der Waals surface area contributed by atoms with E-state index in [0.29, 0.717) is 6.42 Å². The lowest BCUT2D eigenvalue weighted by molar-refractivity contribution is -0.385. The van der Waals surface area contributed by atoms with Crippen LogP contribution in [0, 0.1) is 17.0 Å². The van der Waals surface area contributed by atoms with E-state index < -0.39 is 28.9 Å². The van der Waals surface area contributed by atoms with Gasteiger partial charge < -0.3 is 20.1 Å². The minimum absolute atomic E-state index is 0.0276. The summed E-state index contributed by atoms with van der Waals surface area (Å²) in [5.41, 5.74) is 0.276. The molecule has 0 unspecified atom stereocenters. The van der Waals surface area contributed by atoms with E-state index in [1.54, 1.807) is 13.8 Å². The van der Waals surface area contributed by atoms with E-state index in [4.69, 9.17) is 9.47 Å². The Balaban J connectivity index is 2.28. The van der Waals surface area contributed by atoms with E-state index in [9.17, 15) is 24.5 Å². The van der Waals surface area contributed by atoms with Gasteiger partial charge in [-0.15, -0.1) is 0 Å². The van der Waals surface area contributed by atoms with Gasteiger partial charge in [-0.05, 0) is 26.3 Å². The zero-order valence-electron chi connectivity index (χ0n) is 15.7. The maximum Gasteiger partial charge on any atom is 0.339 e. The monoisotopic (exact) mass is 391 g/mol. The van der Waals surface area contributed by atoms with E-state index >= 15 is 0 Å². The van der Waals surface area contributed by atoms with Gasteiger partial charge in [-0.1, -0.05) is 13.0 Å². The number of nitrogens with one attached hydrogen (secondary N) is 2. The first kappa shape index (κ1) is 20.9. The van der Waals surface area contributed by atoms with Crippen molar-refractivity contribution in [1.29, 1.82) is 0 Å². The van der Waals surface area contributed by atoms with Crippen LogP contribution in [0.5, 0.6) is 0 Å². The molecule has 0 aliphatic carbocycles. The lowest BCUT2D eigenvalue weighted by atomic mass is 10.0. The van der Waals surface area contributed by atoms with Gasteiger partial charge in [0.1, 0.15) is 6.61 Å². The maximum absolute atomic E-state index is 12.4. The number of benzene rings is 1. The van der Waals surface area contributed by atoms with Crippen LogP contribution in [0.15, 0.2) is 29.5 Å². The highest BCUT2D eigenvalue weighted by Crippen LogP contribution is 2.22. The number of hydrogen-bond acceptors (Lipinski definition) is 7. The largest absolute Gasteiger partial charge is 0.463 e. The number of nitrogens with zero attached hydrogens (tertiary/aromatic N) is 1. The van der Waals surface area contributed by atoms with Crippen molar-refractivity contribution in [2.75, 3.05) is 13.2 Å². The Morgan fingerprint density at radius 1 is 1.21 bits per heavy atom. The molecule has 0 bridgehead atoms. The van der Waals surface area contributed by atoms with Crippen LogP contribution in [0.1, 0.15) is 36.2 Å². The predicted molar refractivity (Wildman–Crippen MR) is 97.5 cm³/mol. The number of nitro benzene ring substituents is 1. The van der Waals surface area contributed by atoms with Crippen LogP contribution in [-0.2, 0) is 14.3 Å². The van der Waals surface area contributed by atoms with E-state index in [-0.39, 0.29) is 41.3 Å². The Morgan fingerprint density at radius 2 is 1.93 bits per heavy atom. The molecule has 0 fully saturated rings. The van der Waals surface area contributed by atoms with Gasteiger partial charge in [-0.3, -0.25) is 10.1 Å². The predicted octanol–water partition coefficient (Wildman–Crippen LogP) is 1.97. The van der Waals surface area contributed by atoms with Crippen molar-refractivity contribution in [1.82, 2.24) is 10.6 Å². The summed E-state index contributed by atoms with van der Waals surface area (Å²) < 4.78 is 10.2. The van der Waals surface area contributed by atoms with Gasteiger partial charge in [0.2, 0.25) is 0 Å². The van der Waals surface area contributed by atoms with Crippen molar-refractivity contribution in [2.24, 2.45) is 0 Å². The number of ether oxygens (including phenoxy) is 2.